The van der Waals surface area contributed by atoms with Crippen molar-refractivity contribution in [2.24, 2.45) is 0 Å². The Kier molecular flexibility index (Phi) is 4.60. The monoisotopic (exact) mass is 314 g/mol. The number of nitro groups is 1. The van der Waals surface area contributed by atoms with Crippen LogP contribution in [0.15, 0.2) is 30.7 Å². The highest BCUT2D eigenvalue weighted by Crippen LogP contribution is 2.32. The predicted molar refractivity (Wildman–Crippen MR) is 86.7 cm³/mol. The molecule has 2 aromatic rings. The molecule has 0 saturated heterocycles. The number of nitrogens with zero attached hydrogens (tertiary/aromatic N) is 4. The highest BCUT2D eigenvalue weighted by Gasteiger charge is 2.25. The van der Waals surface area contributed by atoms with E-state index in [1.165, 1.54) is 12.7 Å². The third-order valence-corrected chi connectivity index (χ3v) is 3.86. The van der Waals surface area contributed by atoms with Gasteiger partial charge in [-0.15, -0.1) is 0 Å². The molecular formula is C15H18N6O2. The number of pyridine rings is 1. The second kappa shape index (κ2) is 6.99. The molecular weight excluding hydrogens is 296 g/mol. The van der Waals surface area contributed by atoms with Crippen LogP contribution < -0.4 is 10.6 Å². The average Bonchev–Trinajstić information content (AvgIpc) is 2.56. The van der Waals surface area contributed by atoms with E-state index in [0.29, 0.717) is 5.82 Å². The Hall–Kier alpha value is -2.77. The molecule has 8 heteroatoms. The maximum absolute atomic E-state index is 11.5. The molecule has 0 amide bonds. The van der Waals surface area contributed by atoms with Gasteiger partial charge in [0.15, 0.2) is 0 Å². The second-order valence-corrected chi connectivity index (χ2v) is 5.50. The van der Waals surface area contributed by atoms with Crippen molar-refractivity contribution >= 4 is 23.1 Å². The fourth-order valence-corrected chi connectivity index (χ4v) is 2.75. The van der Waals surface area contributed by atoms with Crippen molar-refractivity contribution in [3.05, 3.63) is 40.8 Å². The summed E-state index contributed by atoms with van der Waals surface area (Å²) >= 11 is 0. The summed E-state index contributed by atoms with van der Waals surface area (Å²) in [5.41, 5.74) is -0.149. The molecule has 1 aliphatic carbocycles. The Morgan fingerprint density at radius 3 is 2.57 bits per heavy atom. The Morgan fingerprint density at radius 1 is 1.09 bits per heavy atom. The average molecular weight is 314 g/mol. The third-order valence-electron chi connectivity index (χ3n) is 3.86. The number of anilines is 3. The molecule has 2 heterocycles. The third kappa shape index (κ3) is 3.71. The van der Waals surface area contributed by atoms with Crippen molar-refractivity contribution in [1.82, 2.24) is 15.0 Å². The molecule has 120 valence electrons. The number of hydrogen-bond acceptors (Lipinski definition) is 7. The smallest absolute Gasteiger partial charge is 0.353 e. The van der Waals surface area contributed by atoms with Gasteiger partial charge >= 0.3 is 5.69 Å². The molecule has 0 bridgehead atoms. The van der Waals surface area contributed by atoms with Crippen molar-refractivity contribution in [2.75, 3.05) is 10.6 Å². The summed E-state index contributed by atoms with van der Waals surface area (Å²) in [6.45, 7) is 0. The zero-order valence-electron chi connectivity index (χ0n) is 12.6. The van der Waals surface area contributed by atoms with E-state index in [0.717, 1.165) is 25.7 Å². The van der Waals surface area contributed by atoms with Crippen molar-refractivity contribution in [2.45, 2.75) is 38.1 Å². The number of rotatable bonds is 5. The Balaban J connectivity index is 1.87. The minimum absolute atomic E-state index is 0.141. The molecule has 0 unspecified atom stereocenters. The lowest BCUT2D eigenvalue weighted by molar-refractivity contribution is -0.383. The van der Waals surface area contributed by atoms with Crippen LogP contribution >= 0.6 is 0 Å². The lowest BCUT2D eigenvalue weighted by Gasteiger charge is -2.23. The van der Waals surface area contributed by atoms with Gasteiger partial charge in [-0.25, -0.2) is 15.0 Å². The lowest BCUT2D eigenvalue weighted by Crippen LogP contribution is -2.23. The molecule has 23 heavy (non-hydrogen) atoms. The van der Waals surface area contributed by atoms with Gasteiger partial charge in [0.05, 0.1) is 4.92 Å². The molecule has 3 rings (SSSR count). The molecule has 1 saturated carbocycles. The number of hydrogen-bond donors (Lipinski definition) is 2. The van der Waals surface area contributed by atoms with Crippen LogP contribution in [-0.4, -0.2) is 25.9 Å². The van der Waals surface area contributed by atoms with Crippen molar-refractivity contribution < 1.29 is 4.92 Å². The number of nitrogens with one attached hydrogen (secondary N) is 2. The van der Waals surface area contributed by atoms with Crippen LogP contribution in [0.1, 0.15) is 32.1 Å². The first kappa shape index (κ1) is 15.1. The molecule has 0 aliphatic heterocycles. The molecule has 0 spiro atoms. The van der Waals surface area contributed by atoms with Gasteiger partial charge < -0.3 is 10.6 Å². The zero-order chi connectivity index (χ0) is 16.1. The summed E-state index contributed by atoms with van der Waals surface area (Å²) < 4.78 is 0. The van der Waals surface area contributed by atoms with E-state index in [2.05, 4.69) is 25.6 Å². The van der Waals surface area contributed by atoms with Gasteiger partial charge in [0.2, 0.25) is 11.6 Å². The molecule has 0 aromatic carbocycles. The first-order chi connectivity index (χ1) is 11.2. The van der Waals surface area contributed by atoms with Crippen molar-refractivity contribution in [1.29, 1.82) is 0 Å². The van der Waals surface area contributed by atoms with E-state index in [4.69, 9.17) is 0 Å². The first-order valence-electron chi connectivity index (χ1n) is 7.68. The van der Waals surface area contributed by atoms with Crippen molar-refractivity contribution in [3.63, 3.8) is 0 Å². The maximum atomic E-state index is 11.5. The van der Waals surface area contributed by atoms with Gasteiger partial charge in [0.1, 0.15) is 12.1 Å². The van der Waals surface area contributed by atoms with Crippen molar-refractivity contribution in [3.8, 4) is 0 Å². The van der Waals surface area contributed by atoms with Gasteiger partial charge in [0, 0.05) is 12.2 Å². The van der Waals surface area contributed by atoms with Gasteiger partial charge in [-0.2, -0.15) is 0 Å². The second-order valence-electron chi connectivity index (χ2n) is 5.50. The van der Waals surface area contributed by atoms with Crippen LogP contribution in [0.2, 0.25) is 0 Å². The number of aromatic nitrogens is 3. The summed E-state index contributed by atoms with van der Waals surface area (Å²) in [7, 11) is 0. The fraction of sp³-hybridized carbons (Fsp3) is 0.400. The highest BCUT2D eigenvalue weighted by molar-refractivity contribution is 5.72. The largest absolute Gasteiger partial charge is 0.361 e. The SMILES string of the molecule is O=[N+]([O-])c1c(Nc2ccccn2)ncnc1NC1CCCCC1. The standard InChI is InChI=1S/C15H18N6O2/c22-21(23)13-14(19-11-6-2-1-3-7-11)17-10-18-15(13)20-12-8-4-5-9-16-12/h4-5,8-11H,1-3,6-7H2,(H2,16,17,18,19,20). The molecule has 1 fully saturated rings. The maximum Gasteiger partial charge on any atom is 0.353 e. The van der Waals surface area contributed by atoms with Crippen LogP contribution in [0.4, 0.5) is 23.1 Å². The minimum Gasteiger partial charge on any atom is -0.361 e. The molecule has 2 N–H and O–H groups in total. The van der Waals surface area contributed by atoms with E-state index >= 15 is 0 Å². The van der Waals surface area contributed by atoms with E-state index < -0.39 is 4.92 Å². The van der Waals surface area contributed by atoms with E-state index in [9.17, 15) is 10.1 Å². The highest BCUT2D eigenvalue weighted by atomic mass is 16.6. The molecule has 2 aromatic heterocycles. The predicted octanol–water partition coefficient (Wildman–Crippen LogP) is 3.27. The normalized spacial score (nSPS) is 15.1. The quantitative estimate of drug-likeness (QED) is 0.644. The topological polar surface area (TPSA) is 106 Å². The van der Waals surface area contributed by atoms with E-state index in [1.54, 1.807) is 24.4 Å². The lowest BCUT2D eigenvalue weighted by atomic mass is 9.95. The summed E-state index contributed by atoms with van der Waals surface area (Å²) in [5.74, 6) is 0.898. The zero-order valence-corrected chi connectivity index (χ0v) is 12.6. The molecule has 0 radical (unpaired) electrons. The summed E-state index contributed by atoms with van der Waals surface area (Å²) in [5, 5.41) is 17.6. The van der Waals surface area contributed by atoms with Gasteiger partial charge in [-0.1, -0.05) is 25.3 Å². The Bertz CT molecular complexity index is 673. The summed E-state index contributed by atoms with van der Waals surface area (Å²) in [4.78, 5) is 23.2. The molecule has 8 nitrogen and oxygen atoms in total. The van der Waals surface area contributed by atoms with E-state index in [-0.39, 0.29) is 23.4 Å². The minimum atomic E-state index is -0.462. The Morgan fingerprint density at radius 2 is 1.87 bits per heavy atom. The van der Waals surface area contributed by atoms with Crippen LogP contribution in [0.25, 0.3) is 0 Å². The van der Waals surface area contributed by atoms with E-state index in [1.807, 2.05) is 0 Å². The summed E-state index contributed by atoms with van der Waals surface area (Å²) in [6.07, 6.45) is 8.43. The van der Waals surface area contributed by atoms with Gasteiger partial charge in [-0.3, -0.25) is 10.1 Å². The fourth-order valence-electron chi connectivity index (χ4n) is 2.75. The first-order valence-corrected chi connectivity index (χ1v) is 7.68. The van der Waals surface area contributed by atoms with Crippen LogP contribution in [0.5, 0.6) is 0 Å². The van der Waals surface area contributed by atoms with Crippen LogP contribution in [-0.2, 0) is 0 Å². The van der Waals surface area contributed by atoms with Crippen LogP contribution in [0, 0.1) is 10.1 Å². The molecule has 1 aliphatic rings. The molecule has 0 atom stereocenters. The van der Waals surface area contributed by atoms with Gasteiger partial charge in [-0.05, 0) is 25.0 Å². The summed E-state index contributed by atoms with van der Waals surface area (Å²) in [6, 6.07) is 5.51. The van der Waals surface area contributed by atoms with Gasteiger partial charge in [0.25, 0.3) is 0 Å². The Labute approximate surface area is 133 Å². The van der Waals surface area contributed by atoms with Crippen LogP contribution in [0.3, 0.4) is 0 Å².